The van der Waals surface area contributed by atoms with Gasteiger partial charge in [-0.25, -0.2) is 0 Å². The molecule has 5 nitrogen and oxygen atoms in total. The van der Waals surface area contributed by atoms with Gasteiger partial charge < -0.3 is 0 Å². The monoisotopic (exact) mass is 221 g/mol. The molecule has 0 aromatic carbocycles. The van der Waals surface area contributed by atoms with Crippen molar-refractivity contribution in [1.29, 1.82) is 0 Å². The molecule has 0 bridgehead atoms. The Hall–Kier alpha value is 0.822. The summed E-state index contributed by atoms with van der Waals surface area (Å²) in [5.41, 5.74) is 0. The van der Waals surface area contributed by atoms with Crippen LogP contribution in [0.2, 0.25) is 0 Å². The van der Waals surface area contributed by atoms with E-state index in [1.165, 1.54) is 0 Å². The van der Waals surface area contributed by atoms with Crippen LogP contribution in [0.25, 0.3) is 0 Å². The summed E-state index contributed by atoms with van der Waals surface area (Å²) in [6, 6.07) is 0. The van der Waals surface area contributed by atoms with E-state index in [0.29, 0.717) is 0 Å². The van der Waals surface area contributed by atoms with Crippen LogP contribution in [0.4, 0.5) is 0 Å². The molecule has 0 saturated heterocycles. The Kier molecular flexibility index (Phi) is 5.80. The topological polar surface area (TPSA) is 92.8 Å². The van der Waals surface area contributed by atoms with Crippen molar-refractivity contribution in [2.24, 2.45) is 5.90 Å². The zero-order valence-electron chi connectivity index (χ0n) is 3.44. The maximum atomic E-state index is 9.41. The predicted molar refractivity (Wildman–Crippen MR) is 16.2 cm³/mol. The van der Waals surface area contributed by atoms with Gasteiger partial charge >= 0.3 is 36.2 Å². The molecule has 0 saturated carbocycles. The van der Waals surface area contributed by atoms with Gasteiger partial charge in [0.25, 0.3) is 0 Å². The summed E-state index contributed by atoms with van der Waals surface area (Å²) in [6.45, 7) is 0. The molecule has 0 heterocycles. The van der Waals surface area contributed by atoms with Gasteiger partial charge in [0.1, 0.15) is 0 Å². The van der Waals surface area contributed by atoms with Crippen molar-refractivity contribution in [2.45, 2.75) is 0 Å². The van der Waals surface area contributed by atoms with Gasteiger partial charge in [-0.1, -0.05) is 0 Å². The van der Waals surface area contributed by atoms with Crippen molar-refractivity contribution in [2.75, 3.05) is 0 Å². The first kappa shape index (κ1) is 10.7. The largest absolute Gasteiger partial charge is 0 e. The molecule has 4 N–H and O–H groups in total. The minimum atomic E-state index is -4.88. The van der Waals surface area contributed by atoms with Crippen molar-refractivity contribution in [3.8, 4) is 0 Å². The molecule has 0 aliphatic heterocycles. The third-order valence-corrected chi connectivity index (χ3v) is 0.714. The molecule has 0 unspecified atom stereocenters. The summed E-state index contributed by atoms with van der Waals surface area (Å²) in [5, 5.41) is 0. The third kappa shape index (κ3) is 10.9. The first-order valence-corrected chi connectivity index (χ1v) is 4.21. The molecule has 0 radical (unpaired) electrons. The average Bonchev–Trinajstić information content (AvgIpc) is 1.35. The molecule has 0 fully saturated rings. The van der Waals surface area contributed by atoms with Crippen LogP contribution in [-0.4, -0.2) is 22.7 Å². The Morgan fingerprint density at radius 2 is 1.71 bits per heavy atom. The maximum absolute atomic E-state index is 9.41. The van der Waals surface area contributed by atoms with Gasteiger partial charge in [0, 0.05) is 19.5 Å². The van der Waals surface area contributed by atoms with Crippen molar-refractivity contribution in [3.63, 3.8) is 0 Å². The van der Waals surface area contributed by atoms with E-state index in [1.807, 2.05) is 0 Å². The summed E-state index contributed by atoms with van der Waals surface area (Å²) in [5.74, 6) is 4.07. The van der Waals surface area contributed by atoms with Crippen molar-refractivity contribution < 1.29 is 35.2 Å². The number of hydrogen-bond acceptors (Lipinski definition) is 3. The Balaban J connectivity index is 0. The molecule has 0 aliphatic carbocycles. The number of hydrogen-bond donors (Lipinski definition) is 3. The van der Waals surface area contributed by atoms with E-state index in [-0.39, 0.29) is 19.5 Å². The van der Waals surface area contributed by atoms with Gasteiger partial charge in [-0.2, -0.15) is 0 Å². The second-order valence-electron chi connectivity index (χ2n) is 0.596. The molecule has 0 atom stereocenters. The Bertz CT molecular complexity index is 75.8. The van der Waals surface area contributed by atoms with E-state index in [9.17, 15) is 3.74 Å². The fourth-order valence-corrected chi connectivity index (χ4v) is 0. The average molecular weight is 222 g/mol. The molecular formula is H4AsNO4Zn. The zero-order chi connectivity index (χ0) is 5.21. The fraction of sp³-hybridized carbons (Fsp3) is 0. The van der Waals surface area contributed by atoms with Gasteiger partial charge in [-0.15, -0.1) is 0 Å². The molecule has 0 spiro atoms. The Morgan fingerprint density at radius 1 is 1.57 bits per heavy atom. The predicted octanol–water partition coefficient (Wildman–Crippen LogP) is -2.28. The van der Waals surface area contributed by atoms with Crippen LogP contribution in [0.15, 0.2) is 0 Å². The zero-order valence-corrected chi connectivity index (χ0v) is 8.29. The van der Waals surface area contributed by atoms with Crippen molar-refractivity contribution >= 4 is 14.5 Å². The van der Waals surface area contributed by atoms with Crippen molar-refractivity contribution in [1.82, 2.24) is 0 Å². The summed E-state index contributed by atoms with van der Waals surface area (Å²) < 4.78 is 27.9. The van der Waals surface area contributed by atoms with E-state index in [0.717, 1.165) is 0 Å². The molecule has 0 aromatic rings. The SMILES string of the molecule is NO[As](=O)(O)O.[Zn]. The summed E-state index contributed by atoms with van der Waals surface area (Å²) in [4.78, 5) is 0. The van der Waals surface area contributed by atoms with Gasteiger partial charge in [0.15, 0.2) is 0 Å². The summed E-state index contributed by atoms with van der Waals surface area (Å²) in [7, 11) is 0. The van der Waals surface area contributed by atoms with Crippen LogP contribution in [0.1, 0.15) is 0 Å². The second kappa shape index (κ2) is 3.78. The Labute approximate surface area is 55.9 Å². The summed E-state index contributed by atoms with van der Waals surface area (Å²) in [6.07, 6.45) is 0. The van der Waals surface area contributed by atoms with E-state index >= 15 is 0 Å². The molecule has 0 amide bonds. The molecule has 7 heteroatoms. The molecule has 0 aliphatic rings. The molecule has 7 heavy (non-hydrogen) atoms. The van der Waals surface area contributed by atoms with Crippen LogP contribution >= 0.6 is 0 Å². The quantitative estimate of drug-likeness (QED) is 0.343. The van der Waals surface area contributed by atoms with E-state index in [1.54, 1.807) is 0 Å². The Morgan fingerprint density at radius 3 is 1.71 bits per heavy atom. The van der Waals surface area contributed by atoms with Crippen LogP contribution in [-0.2, 0) is 27.0 Å². The van der Waals surface area contributed by atoms with E-state index in [2.05, 4.69) is 9.72 Å². The third-order valence-electron chi connectivity index (χ3n) is 0.137. The normalized spacial score (nSPS) is 10.1. The van der Waals surface area contributed by atoms with Crippen LogP contribution in [0, 0.1) is 0 Å². The maximum Gasteiger partial charge on any atom is 0 e. The number of nitrogens with two attached hydrogens (primary N) is 1. The van der Waals surface area contributed by atoms with Crippen LogP contribution < -0.4 is 5.90 Å². The van der Waals surface area contributed by atoms with Crippen LogP contribution in [0.3, 0.4) is 0 Å². The molecule has 40 valence electrons. The fourth-order valence-electron chi connectivity index (χ4n) is 0. The first-order valence-electron chi connectivity index (χ1n) is 1.00. The minimum Gasteiger partial charge on any atom is 0 e. The van der Waals surface area contributed by atoms with Crippen molar-refractivity contribution in [3.05, 3.63) is 0 Å². The molecular weight excluding hydrogens is 218 g/mol. The first-order chi connectivity index (χ1) is 2.56. The molecule has 0 rings (SSSR count). The molecule has 0 aromatic heterocycles. The minimum absolute atomic E-state index is 0. The van der Waals surface area contributed by atoms with Gasteiger partial charge in [-0.05, 0) is 0 Å². The van der Waals surface area contributed by atoms with E-state index in [4.69, 9.17) is 8.19 Å². The standard InChI is InChI=1S/AsH4NO4.Zn/c2-6-1(3,4)5;/h2H2,(H2,3,4,5);. The number of rotatable bonds is 1. The second-order valence-corrected chi connectivity index (χ2v) is 3.10. The van der Waals surface area contributed by atoms with Gasteiger partial charge in [0.2, 0.25) is 0 Å². The van der Waals surface area contributed by atoms with Crippen LogP contribution in [0.5, 0.6) is 0 Å². The smallest absolute Gasteiger partial charge is 0 e. The van der Waals surface area contributed by atoms with E-state index < -0.39 is 14.5 Å². The van der Waals surface area contributed by atoms with Gasteiger partial charge in [-0.3, -0.25) is 0 Å². The van der Waals surface area contributed by atoms with Gasteiger partial charge in [0.05, 0.1) is 0 Å². The summed E-state index contributed by atoms with van der Waals surface area (Å²) >= 11 is -4.88.